The van der Waals surface area contributed by atoms with E-state index in [1.54, 1.807) is 6.07 Å². The summed E-state index contributed by atoms with van der Waals surface area (Å²) in [6.45, 7) is 0.261. The molecule has 0 bridgehead atoms. The van der Waals surface area contributed by atoms with Crippen LogP contribution in [0, 0.1) is 23.5 Å². The zero-order valence-electron chi connectivity index (χ0n) is 11.9. The highest BCUT2D eigenvalue weighted by Crippen LogP contribution is 2.17. The van der Waals surface area contributed by atoms with E-state index in [0.29, 0.717) is 5.75 Å². The van der Waals surface area contributed by atoms with Gasteiger partial charge in [0.25, 0.3) is 5.91 Å². The normalized spacial score (nSPS) is 9.70. The van der Waals surface area contributed by atoms with Gasteiger partial charge in [-0.3, -0.25) is 4.79 Å². The fourth-order valence-electron chi connectivity index (χ4n) is 1.65. The number of carbonyl (C=O) groups is 1. The minimum atomic E-state index is -1.06. The van der Waals surface area contributed by atoms with Crippen molar-refractivity contribution in [3.63, 3.8) is 0 Å². The molecule has 0 aliphatic heterocycles. The average Bonchev–Trinajstić information content (AvgIpc) is 2.53. The maximum atomic E-state index is 13.0. The summed E-state index contributed by atoms with van der Waals surface area (Å²) in [7, 11) is 0. The van der Waals surface area contributed by atoms with Crippen LogP contribution >= 0.6 is 15.9 Å². The zero-order valence-corrected chi connectivity index (χ0v) is 13.5. The number of hydrogen-bond acceptors (Lipinski definition) is 2. The molecule has 0 aliphatic carbocycles. The smallest absolute Gasteiger partial charge is 0.252 e. The van der Waals surface area contributed by atoms with Gasteiger partial charge < -0.3 is 10.1 Å². The highest BCUT2D eigenvalue weighted by atomic mass is 79.9. The highest BCUT2D eigenvalue weighted by molar-refractivity contribution is 9.10. The van der Waals surface area contributed by atoms with E-state index in [0.717, 1.165) is 16.6 Å². The van der Waals surface area contributed by atoms with E-state index < -0.39 is 17.5 Å². The maximum absolute atomic E-state index is 13.0. The second-order valence-electron chi connectivity index (χ2n) is 4.41. The molecule has 0 spiro atoms. The maximum Gasteiger partial charge on any atom is 0.252 e. The van der Waals surface area contributed by atoms with E-state index in [-0.39, 0.29) is 18.7 Å². The molecule has 1 N–H and O–H groups in total. The number of benzene rings is 2. The Bertz CT molecular complexity index is 769. The van der Waals surface area contributed by atoms with Gasteiger partial charge in [0.05, 0.1) is 6.54 Å². The summed E-state index contributed by atoms with van der Waals surface area (Å²) in [6, 6.07) is 10.3. The number of nitrogens with one attached hydrogen (secondary N) is 1. The average molecular weight is 380 g/mol. The number of hydrogen-bond donors (Lipinski definition) is 1. The molecule has 0 aliphatic rings. The van der Waals surface area contributed by atoms with E-state index in [1.807, 2.05) is 18.2 Å². The molecule has 2 rings (SSSR count). The van der Waals surface area contributed by atoms with Crippen LogP contribution in [-0.2, 0) is 0 Å². The Morgan fingerprint density at radius 2 is 1.96 bits per heavy atom. The third kappa shape index (κ3) is 5.38. The Labute approximate surface area is 140 Å². The summed E-state index contributed by atoms with van der Waals surface area (Å²) >= 11 is 3.33. The van der Waals surface area contributed by atoms with Gasteiger partial charge in [0.1, 0.15) is 12.4 Å². The molecule has 0 atom stereocenters. The first-order valence-electron chi connectivity index (χ1n) is 6.63. The number of halogens is 3. The zero-order chi connectivity index (χ0) is 16.7. The summed E-state index contributed by atoms with van der Waals surface area (Å²) in [6.07, 6.45) is 0. The number of amides is 1. The van der Waals surface area contributed by atoms with Crippen LogP contribution in [0.15, 0.2) is 46.9 Å². The summed E-state index contributed by atoms with van der Waals surface area (Å²) in [4.78, 5) is 11.7. The van der Waals surface area contributed by atoms with E-state index in [1.165, 1.54) is 6.07 Å². The Balaban J connectivity index is 1.76. The number of carbonyl (C=O) groups excluding carboxylic acids is 1. The molecule has 3 nitrogen and oxygen atoms in total. The Morgan fingerprint density at radius 3 is 2.70 bits per heavy atom. The molecule has 0 aromatic heterocycles. The van der Waals surface area contributed by atoms with Crippen LogP contribution in [0.2, 0.25) is 0 Å². The van der Waals surface area contributed by atoms with Crippen LogP contribution in [0.4, 0.5) is 8.78 Å². The van der Waals surface area contributed by atoms with Crippen molar-refractivity contribution in [2.45, 2.75) is 0 Å². The predicted molar refractivity (Wildman–Crippen MR) is 86.1 cm³/mol. The van der Waals surface area contributed by atoms with Crippen LogP contribution in [0.5, 0.6) is 5.75 Å². The quantitative estimate of drug-likeness (QED) is 0.825. The van der Waals surface area contributed by atoms with Gasteiger partial charge in [-0.2, -0.15) is 0 Å². The van der Waals surface area contributed by atoms with Crippen molar-refractivity contribution in [3.8, 4) is 17.6 Å². The Hall–Kier alpha value is -2.39. The topological polar surface area (TPSA) is 38.3 Å². The lowest BCUT2D eigenvalue weighted by Crippen LogP contribution is -2.23. The molecule has 23 heavy (non-hydrogen) atoms. The molecule has 2 aromatic carbocycles. The van der Waals surface area contributed by atoms with Gasteiger partial charge in [0.2, 0.25) is 0 Å². The van der Waals surface area contributed by atoms with Gasteiger partial charge in [-0.25, -0.2) is 8.78 Å². The molecule has 0 radical (unpaired) electrons. The van der Waals surface area contributed by atoms with Crippen LogP contribution in [0.1, 0.15) is 10.4 Å². The van der Waals surface area contributed by atoms with Crippen molar-refractivity contribution >= 4 is 21.8 Å². The largest absolute Gasteiger partial charge is 0.481 e. The van der Waals surface area contributed by atoms with Gasteiger partial charge in [0, 0.05) is 10.0 Å². The predicted octanol–water partition coefficient (Wildman–Crippen LogP) is 3.54. The Morgan fingerprint density at radius 1 is 1.13 bits per heavy atom. The van der Waals surface area contributed by atoms with Crippen LogP contribution in [0.3, 0.4) is 0 Å². The molecule has 0 saturated heterocycles. The van der Waals surface area contributed by atoms with Gasteiger partial charge in [0.15, 0.2) is 11.6 Å². The fraction of sp³-hybridized carbons (Fsp3) is 0.118. The molecule has 0 heterocycles. The first-order valence-corrected chi connectivity index (χ1v) is 7.43. The lowest BCUT2D eigenvalue weighted by atomic mass is 10.2. The van der Waals surface area contributed by atoms with Crippen LogP contribution < -0.4 is 10.1 Å². The minimum absolute atomic E-state index is 0.0380. The molecule has 6 heteroatoms. The first-order chi connectivity index (χ1) is 11.1. The van der Waals surface area contributed by atoms with Crippen LogP contribution in [-0.4, -0.2) is 19.1 Å². The molecule has 118 valence electrons. The molecule has 0 unspecified atom stereocenters. The van der Waals surface area contributed by atoms with E-state index >= 15 is 0 Å². The monoisotopic (exact) mass is 379 g/mol. The third-order valence-electron chi connectivity index (χ3n) is 2.75. The molecule has 0 fully saturated rings. The van der Waals surface area contributed by atoms with Gasteiger partial charge in [-0.15, -0.1) is 0 Å². The number of rotatable bonds is 4. The van der Waals surface area contributed by atoms with E-state index in [9.17, 15) is 13.6 Å². The van der Waals surface area contributed by atoms with Gasteiger partial charge in [-0.1, -0.05) is 33.8 Å². The highest BCUT2D eigenvalue weighted by Gasteiger charge is 2.08. The Kier molecular flexibility index (Phi) is 6.12. The lowest BCUT2D eigenvalue weighted by Gasteiger charge is -2.02. The fourth-order valence-corrected chi connectivity index (χ4v) is 2.03. The summed E-state index contributed by atoms with van der Waals surface area (Å²) < 4.78 is 32.1. The van der Waals surface area contributed by atoms with Crippen molar-refractivity contribution in [2.24, 2.45) is 0 Å². The molecule has 0 saturated carbocycles. The number of ether oxygens (including phenoxy) is 1. The standard InChI is InChI=1S/C17H12BrF2NO2/c18-13-4-3-5-14(11-13)23-9-2-1-8-21-17(22)12-6-7-15(19)16(20)10-12/h3-7,10-11H,8-9H2,(H,21,22). The molecule has 2 aromatic rings. The van der Waals surface area contributed by atoms with Crippen molar-refractivity contribution in [1.82, 2.24) is 5.32 Å². The molecular formula is C17H12BrF2NO2. The van der Waals surface area contributed by atoms with Crippen LogP contribution in [0.25, 0.3) is 0 Å². The summed E-state index contributed by atoms with van der Waals surface area (Å²) in [5, 5.41) is 2.49. The van der Waals surface area contributed by atoms with Crippen molar-refractivity contribution in [3.05, 3.63) is 64.1 Å². The van der Waals surface area contributed by atoms with Gasteiger partial charge >= 0.3 is 0 Å². The van der Waals surface area contributed by atoms with Crippen molar-refractivity contribution in [2.75, 3.05) is 13.2 Å². The van der Waals surface area contributed by atoms with Crippen molar-refractivity contribution < 1.29 is 18.3 Å². The summed E-state index contributed by atoms with van der Waals surface area (Å²) in [5.74, 6) is 3.55. The van der Waals surface area contributed by atoms with E-state index in [4.69, 9.17) is 4.74 Å². The van der Waals surface area contributed by atoms with E-state index in [2.05, 4.69) is 33.1 Å². The summed E-state index contributed by atoms with van der Waals surface area (Å²) in [5.41, 5.74) is 0.0380. The minimum Gasteiger partial charge on any atom is -0.481 e. The lowest BCUT2D eigenvalue weighted by molar-refractivity contribution is 0.0958. The molecular weight excluding hydrogens is 368 g/mol. The third-order valence-corrected chi connectivity index (χ3v) is 3.24. The second-order valence-corrected chi connectivity index (χ2v) is 5.33. The molecule has 1 amide bonds. The second kappa shape index (κ2) is 8.30. The van der Waals surface area contributed by atoms with Gasteiger partial charge in [-0.05, 0) is 36.4 Å². The van der Waals surface area contributed by atoms with Crippen molar-refractivity contribution in [1.29, 1.82) is 0 Å². The first kappa shape index (κ1) is 17.0. The SMILES string of the molecule is O=C(NCC#CCOc1cccc(Br)c1)c1ccc(F)c(F)c1.